The Morgan fingerprint density at radius 1 is 0.717 bits per heavy atom. The number of benzene rings is 3. The van der Waals surface area contributed by atoms with Crippen molar-refractivity contribution in [2.24, 2.45) is 0 Å². The van der Waals surface area contributed by atoms with E-state index < -0.39 is 59.1 Å². The van der Waals surface area contributed by atoms with Gasteiger partial charge in [-0.15, -0.1) is 0 Å². The number of alkyl halides is 4. The number of hydrogen-bond acceptors (Lipinski definition) is 6. The van der Waals surface area contributed by atoms with Crippen LogP contribution < -0.4 is 14.4 Å². The third kappa shape index (κ3) is 9.33. The topological polar surface area (TPSA) is 81.6 Å². The first-order chi connectivity index (χ1) is 28.3. The maximum absolute atomic E-state index is 14.7. The predicted octanol–water partition coefficient (Wildman–Crippen LogP) is 10.8. The second-order valence-electron chi connectivity index (χ2n) is 14.6. The summed E-state index contributed by atoms with van der Waals surface area (Å²) in [4.78, 5) is 35.4. The second-order valence-corrected chi connectivity index (χ2v) is 15.6. The van der Waals surface area contributed by atoms with E-state index in [1.165, 1.54) is 56.9 Å². The van der Waals surface area contributed by atoms with Crippen LogP contribution in [0.3, 0.4) is 0 Å². The van der Waals surface area contributed by atoms with Gasteiger partial charge in [0.15, 0.2) is 0 Å². The molecule has 7 nitrogen and oxygen atoms in total. The molecule has 1 aliphatic heterocycles. The van der Waals surface area contributed by atoms with Gasteiger partial charge in [0.05, 0.1) is 43.5 Å². The standard InChI is InChI=1S/C25H20BrF5N2O2.C19H18F3NO2/c1-25(30,31)18-8-13(11-32-23(18)35-2)15-6-7-16-19(27)4-3-5-22(16)33(24(15)34)12-17-20(28)9-14(26)10-21(17)29;1-19(21,22)15-8-12(10-23-18(15)25-2)14-7-6-13-11(9-17(14)24)4-3-5-16(13)20/h3-5,8-11,15H,6-7,12H2,1-2H3;3-5,8,10,14H,6-7,9H2,1-2H3. The van der Waals surface area contributed by atoms with E-state index in [0.29, 0.717) is 36.5 Å². The molecule has 0 bridgehead atoms. The molecular weight excluding hydrogens is 866 g/mol. The number of carbonyl (C=O) groups is 2. The number of rotatable bonds is 8. The summed E-state index contributed by atoms with van der Waals surface area (Å²) >= 11 is 3.02. The fourth-order valence-electron chi connectivity index (χ4n) is 7.55. The van der Waals surface area contributed by atoms with Crippen molar-refractivity contribution in [2.75, 3.05) is 19.1 Å². The molecule has 7 rings (SSSR count). The van der Waals surface area contributed by atoms with Gasteiger partial charge in [-0.1, -0.05) is 34.1 Å². The number of anilines is 1. The number of aromatic nitrogens is 2. The van der Waals surface area contributed by atoms with Crippen molar-refractivity contribution in [3.05, 3.63) is 145 Å². The smallest absolute Gasteiger partial charge is 0.275 e. The monoisotopic (exact) mass is 903 g/mol. The van der Waals surface area contributed by atoms with Crippen molar-refractivity contribution in [1.29, 1.82) is 0 Å². The van der Waals surface area contributed by atoms with Gasteiger partial charge in [-0.05, 0) is 90.4 Å². The zero-order valence-electron chi connectivity index (χ0n) is 32.7. The maximum Gasteiger partial charge on any atom is 0.275 e. The molecule has 0 spiro atoms. The highest BCUT2D eigenvalue weighted by Gasteiger charge is 2.37. The lowest BCUT2D eigenvalue weighted by atomic mass is 9.90. The number of pyridine rings is 2. The van der Waals surface area contributed by atoms with E-state index in [-0.39, 0.29) is 75.0 Å². The molecule has 316 valence electrons. The molecule has 5 aromatic rings. The average molecular weight is 905 g/mol. The minimum Gasteiger partial charge on any atom is -0.481 e. The minimum atomic E-state index is -3.30. The van der Waals surface area contributed by atoms with Gasteiger partial charge in [0, 0.05) is 54.2 Å². The summed E-state index contributed by atoms with van der Waals surface area (Å²) in [5.74, 6) is -11.9. The van der Waals surface area contributed by atoms with Gasteiger partial charge in [0.2, 0.25) is 17.7 Å². The number of halogens is 9. The van der Waals surface area contributed by atoms with E-state index in [1.807, 2.05) is 0 Å². The molecule has 0 radical (unpaired) electrons. The van der Waals surface area contributed by atoms with Crippen LogP contribution in [-0.4, -0.2) is 35.9 Å². The molecule has 2 aromatic heterocycles. The van der Waals surface area contributed by atoms with Gasteiger partial charge in [0.25, 0.3) is 11.8 Å². The highest BCUT2D eigenvalue weighted by atomic mass is 79.9. The number of methoxy groups -OCH3 is 2. The van der Waals surface area contributed by atoms with Crippen LogP contribution in [0.15, 0.2) is 77.5 Å². The van der Waals surface area contributed by atoms with Crippen LogP contribution in [0, 0.1) is 23.3 Å². The molecule has 0 fully saturated rings. The number of amides is 1. The fraction of sp³-hybridized carbons (Fsp3) is 0.318. The van der Waals surface area contributed by atoms with Crippen molar-refractivity contribution < 1.29 is 54.2 Å². The van der Waals surface area contributed by atoms with Gasteiger partial charge < -0.3 is 14.4 Å². The third-order valence-electron chi connectivity index (χ3n) is 10.6. The predicted molar refractivity (Wildman–Crippen MR) is 210 cm³/mol. The lowest BCUT2D eigenvalue weighted by Crippen LogP contribution is -2.35. The molecule has 2 unspecified atom stereocenters. The Kier molecular flexibility index (Phi) is 13.0. The van der Waals surface area contributed by atoms with Crippen LogP contribution in [-0.2, 0) is 47.2 Å². The van der Waals surface area contributed by atoms with E-state index >= 15 is 0 Å². The average Bonchev–Trinajstić information content (AvgIpc) is 3.44. The Hall–Kier alpha value is -5.38. The molecule has 1 amide bonds. The molecule has 3 aromatic carbocycles. The van der Waals surface area contributed by atoms with Crippen molar-refractivity contribution in [3.63, 3.8) is 0 Å². The third-order valence-corrected chi connectivity index (χ3v) is 11.0. The Labute approximate surface area is 348 Å². The molecule has 2 atom stereocenters. The van der Waals surface area contributed by atoms with E-state index in [9.17, 15) is 44.7 Å². The summed E-state index contributed by atoms with van der Waals surface area (Å²) in [6.45, 7) is 0.926. The summed E-state index contributed by atoms with van der Waals surface area (Å²) < 4.78 is 124. The van der Waals surface area contributed by atoms with Crippen LogP contribution >= 0.6 is 15.9 Å². The molecular formula is C44H38BrF8N3O4. The molecule has 1 aliphatic carbocycles. The zero-order valence-corrected chi connectivity index (χ0v) is 34.3. The number of carbonyl (C=O) groups excluding carboxylic acids is 2. The first-order valence-electron chi connectivity index (χ1n) is 18.7. The van der Waals surface area contributed by atoms with Crippen molar-refractivity contribution >= 4 is 33.3 Å². The Bertz CT molecular complexity index is 2420. The molecule has 2 aliphatic rings. The highest BCUT2D eigenvalue weighted by Crippen LogP contribution is 2.41. The van der Waals surface area contributed by atoms with Crippen LogP contribution in [0.5, 0.6) is 11.8 Å². The molecule has 16 heteroatoms. The van der Waals surface area contributed by atoms with Gasteiger partial charge in [0.1, 0.15) is 29.1 Å². The van der Waals surface area contributed by atoms with Gasteiger partial charge >= 0.3 is 0 Å². The number of ketones is 1. The summed E-state index contributed by atoms with van der Waals surface area (Å²) in [6.07, 6.45) is 3.64. The first-order valence-corrected chi connectivity index (χ1v) is 19.5. The molecule has 0 N–H and O–H groups in total. The van der Waals surface area contributed by atoms with Crippen molar-refractivity contribution in [1.82, 2.24) is 9.97 Å². The Morgan fingerprint density at radius 3 is 1.77 bits per heavy atom. The van der Waals surface area contributed by atoms with Crippen LogP contribution in [0.25, 0.3) is 0 Å². The van der Waals surface area contributed by atoms with Crippen LogP contribution in [0.2, 0.25) is 0 Å². The van der Waals surface area contributed by atoms with Crippen molar-refractivity contribution in [3.8, 4) is 11.8 Å². The highest BCUT2D eigenvalue weighted by molar-refractivity contribution is 9.10. The van der Waals surface area contributed by atoms with Gasteiger partial charge in [-0.25, -0.2) is 45.1 Å². The number of hydrogen-bond donors (Lipinski definition) is 0. The first kappa shape index (κ1) is 44.2. The zero-order chi connectivity index (χ0) is 43.7. The molecule has 3 heterocycles. The summed E-state index contributed by atoms with van der Waals surface area (Å²) in [5, 5.41) is 0. The second kappa shape index (κ2) is 17.7. The number of Topliss-reactive ketones (excluding diaryl/α,β-unsaturated/α-hetero) is 1. The lowest BCUT2D eigenvalue weighted by Gasteiger charge is -2.27. The Morgan fingerprint density at radius 2 is 1.22 bits per heavy atom. The number of nitrogens with zero attached hydrogens (tertiary/aromatic N) is 3. The summed E-state index contributed by atoms with van der Waals surface area (Å²) in [7, 11) is 2.48. The van der Waals surface area contributed by atoms with Crippen LogP contribution in [0.4, 0.5) is 40.8 Å². The lowest BCUT2D eigenvalue weighted by molar-refractivity contribution is -0.120. The minimum absolute atomic E-state index is 0.0807. The van der Waals surface area contributed by atoms with E-state index in [4.69, 9.17) is 9.47 Å². The normalized spacial score (nSPS) is 16.9. The number of fused-ring (bicyclic) bond motifs is 2. The van der Waals surface area contributed by atoms with Crippen LogP contribution in [0.1, 0.15) is 83.0 Å². The maximum atomic E-state index is 14.7. The summed E-state index contributed by atoms with van der Waals surface area (Å²) in [6, 6.07) is 13.3. The van der Waals surface area contributed by atoms with E-state index in [0.717, 1.165) is 30.0 Å². The Balaban J connectivity index is 0.000000213. The largest absolute Gasteiger partial charge is 0.481 e. The number of ether oxygens (including phenoxy) is 2. The summed E-state index contributed by atoms with van der Waals surface area (Å²) in [5.41, 5.74) is 0.897. The van der Waals surface area contributed by atoms with Gasteiger partial charge in [-0.3, -0.25) is 9.59 Å². The van der Waals surface area contributed by atoms with Crippen molar-refractivity contribution in [2.45, 2.75) is 76.2 Å². The fourth-order valence-corrected chi connectivity index (χ4v) is 7.96. The molecule has 0 saturated carbocycles. The molecule has 60 heavy (non-hydrogen) atoms. The molecule has 0 saturated heterocycles. The van der Waals surface area contributed by atoms with E-state index in [2.05, 4.69) is 25.9 Å². The van der Waals surface area contributed by atoms with Gasteiger partial charge in [-0.2, -0.15) is 0 Å². The SMILES string of the molecule is COc1ncc(C2CCc3c(F)cccc3CC2=O)cc1C(C)(F)F.COc1ncc(C2CCc3c(F)cccc3N(Cc3c(F)cc(Br)cc3F)C2=O)cc1C(C)(F)F. The quantitative estimate of drug-likeness (QED) is 0.114. The van der Waals surface area contributed by atoms with E-state index in [1.54, 1.807) is 12.1 Å².